The molecule has 0 aliphatic carbocycles. The standard InChI is InChI=1S/C14H18BrNO5S/c1-14(2,3)21-13(17)16-12(9-20-22(16,18)19)8-10-4-6-11(15)7-5-10/h4-7,12H,8-9H2,1-3H3/t12-/m0/s1. The Morgan fingerprint density at radius 1 is 1.36 bits per heavy atom. The van der Waals surface area contributed by atoms with E-state index in [4.69, 9.17) is 8.92 Å². The van der Waals surface area contributed by atoms with E-state index in [-0.39, 0.29) is 6.61 Å². The Bertz CT molecular complexity index is 651. The summed E-state index contributed by atoms with van der Waals surface area (Å²) in [5.74, 6) is 0. The normalized spacial score (nSPS) is 20.9. The number of benzene rings is 1. The van der Waals surface area contributed by atoms with Gasteiger partial charge in [0.1, 0.15) is 5.60 Å². The number of rotatable bonds is 2. The van der Waals surface area contributed by atoms with Crippen molar-refractivity contribution in [2.75, 3.05) is 6.61 Å². The Morgan fingerprint density at radius 3 is 2.50 bits per heavy atom. The van der Waals surface area contributed by atoms with E-state index in [1.165, 1.54) is 0 Å². The molecule has 2 rings (SSSR count). The van der Waals surface area contributed by atoms with Crippen LogP contribution in [0.15, 0.2) is 28.7 Å². The summed E-state index contributed by atoms with van der Waals surface area (Å²) in [5, 5.41) is 0. The lowest BCUT2D eigenvalue weighted by Gasteiger charge is -2.25. The lowest BCUT2D eigenvalue weighted by atomic mass is 10.1. The molecule has 1 saturated heterocycles. The van der Waals surface area contributed by atoms with Crippen LogP contribution in [0.5, 0.6) is 0 Å². The van der Waals surface area contributed by atoms with Crippen molar-refractivity contribution in [1.82, 2.24) is 4.31 Å². The summed E-state index contributed by atoms with van der Waals surface area (Å²) in [5.41, 5.74) is 0.125. The number of carbonyl (C=O) groups is 1. The second kappa shape index (κ2) is 6.17. The van der Waals surface area contributed by atoms with E-state index in [2.05, 4.69) is 15.9 Å². The molecule has 0 radical (unpaired) electrons. The van der Waals surface area contributed by atoms with E-state index in [1.807, 2.05) is 24.3 Å². The Hall–Kier alpha value is -1.12. The quantitative estimate of drug-likeness (QED) is 0.774. The van der Waals surface area contributed by atoms with Gasteiger partial charge in [-0.15, -0.1) is 0 Å². The van der Waals surface area contributed by atoms with Crippen molar-refractivity contribution in [3.05, 3.63) is 34.3 Å². The highest BCUT2D eigenvalue weighted by molar-refractivity contribution is 9.10. The summed E-state index contributed by atoms with van der Waals surface area (Å²) >= 11 is 3.34. The highest BCUT2D eigenvalue weighted by atomic mass is 79.9. The van der Waals surface area contributed by atoms with Gasteiger partial charge in [-0.1, -0.05) is 28.1 Å². The first-order valence-corrected chi connectivity index (χ1v) is 8.90. The van der Waals surface area contributed by atoms with Crippen LogP contribution >= 0.6 is 15.9 Å². The van der Waals surface area contributed by atoms with Crippen molar-refractivity contribution in [2.45, 2.75) is 38.8 Å². The van der Waals surface area contributed by atoms with Gasteiger partial charge in [0.2, 0.25) is 0 Å². The molecule has 0 bridgehead atoms. The van der Waals surface area contributed by atoms with Crippen molar-refractivity contribution in [3.63, 3.8) is 0 Å². The minimum Gasteiger partial charge on any atom is -0.443 e. The zero-order valence-electron chi connectivity index (χ0n) is 12.6. The number of hydrogen-bond donors (Lipinski definition) is 0. The third kappa shape index (κ3) is 4.21. The minimum atomic E-state index is -4.09. The summed E-state index contributed by atoms with van der Waals surface area (Å²) in [4.78, 5) is 12.2. The molecule has 1 heterocycles. The lowest BCUT2D eigenvalue weighted by molar-refractivity contribution is 0.0357. The molecule has 1 amide bonds. The monoisotopic (exact) mass is 391 g/mol. The van der Waals surface area contributed by atoms with Gasteiger partial charge in [-0.05, 0) is 44.9 Å². The molecule has 0 N–H and O–H groups in total. The first-order chi connectivity index (χ1) is 10.1. The molecule has 0 saturated carbocycles. The topological polar surface area (TPSA) is 72.9 Å². The molecule has 1 aliphatic rings. The molecule has 0 unspecified atom stereocenters. The van der Waals surface area contributed by atoms with Crippen LogP contribution < -0.4 is 0 Å². The van der Waals surface area contributed by atoms with E-state index in [1.54, 1.807) is 20.8 Å². The van der Waals surface area contributed by atoms with Crippen molar-refractivity contribution in [3.8, 4) is 0 Å². The fourth-order valence-electron chi connectivity index (χ4n) is 2.05. The van der Waals surface area contributed by atoms with E-state index in [0.717, 1.165) is 10.0 Å². The second-order valence-corrected chi connectivity index (χ2v) is 8.40. The SMILES string of the molecule is CC(C)(C)OC(=O)N1[C@@H](Cc2ccc(Br)cc2)COS1(=O)=O. The van der Waals surface area contributed by atoms with Crippen LogP contribution in [0.1, 0.15) is 26.3 Å². The maximum atomic E-state index is 12.2. The maximum absolute atomic E-state index is 12.2. The summed E-state index contributed by atoms with van der Waals surface area (Å²) in [7, 11) is -4.09. The van der Waals surface area contributed by atoms with Crippen LogP contribution in [0, 0.1) is 0 Å². The van der Waals surface area contributed by atoms with Gasteiger partial charge < -0.3 is 4.74 Å². The van der Waals surface area contributed by atoms with Crippen molar-refractivity contribution in [2.24, 2.45) is 0 Å². The van der Waals surface area contributed by atoms with Crippen LogP contribution in [0.3, 0.4) is 0 Å². The van der Waals surface area contributed by atoms with Crippen LogP contribution in [-0.4, -0.2) is 37.1 Å². The maximum Gasteiger partial charge on any atom is 0.426 e. The van der Waals surface area contributed by atoms with Gasteiger partial charge in [0.05, 0.1) is 12.6 Å². The highest BCUT2D eigenvalue weighted by Gasteiger charge is 2.44. The number of ether oxygens (including phenoxy) is 1. The summed E-state index contributed by atoms with van der Waals surface area (Å²) in [6, 6.07) is 6.83. The van der Waals surface area contributed by atoms with Crippen LogP contribution in [-0.2, 0) is 25.6 Å². The molecule has 0 spiro atoms. The van der Waals surface area contributed by atoms with E-state index < -0.39 is 28.0 Å². The molecular formula is C14H18BrNO5S. The number of carbonyl (C=O) groups excluding carboxylic acids is 1. The smallest absolute Gasteiger partial charge is 0.426 e. The molecule has 1 aliphatic heterocycles. The lowest BCUT2D eigenvalue weighted by Crippen LogP contribution is -2.43. The summed E-state index contributed by atoms with van der Waals surface area (Å²) in [6.45, 7) is 4.96. The Kier molecular flexibility index (Phi) is 4.84. The van der Waals surface area contributed by atoms with Gasteiger partial charge in [0, 0.05) is 4.47 Å². The average molecular weight is 392 g/mol. The minimum absolute atomic E-state index is 0.0718. The van der Waals surface area contributed by atoms with Gasteiger partial charge in [-0.2, -0.15) is 12.7 Å². The third-order valence-corrected chi connectivity index (χ3v) is 4.83. The fourth-order valence-corrected chi connectivity index (χ4v) is 3.48. The third-order valence-electron chi connectivity index (χ3n) is 2.94. The van der Waals surface area contributed by atoms with Gasteiger partial charge in [0.25, 0.3) is 0 Å². The Labute approximate surface area is 138 Å². The van der Waals surface area contributed by atoms with E-state index >= 15 is 0 Å². The van der Waals surface area contributed by atoms with Crippen LogP contribution in [0.4, 0.5) is 4.79 Å². The Balaban J connectivity index is 2.19. The highest BCUT2D eigenvalue weighted by Crippen LogP contribution is 2.25. The van der Waals surface area contributed by atoms with E-state index in [0.29, 0.717) is 10.7 Å². The van der Waals surface area contributed by atoms with Gasteiger partial charge in [-0.25, -0.2) is 4.79 Å². The van der Waals surface area contributed by atoms with Gasteiger partial charge in [-0.3, -0.25) is 4.18 Å². The predicted molar refractivity (Wildman–Crippen MR) is 84.6 cm³/mol. The molecule has 1 aromatic carbocycles. The van der Waals surface area contributed by atoms with Crippen LogP contribution in [0.2, 0.25) is 0 Å². The second-order valence-electron chi connectivity index (χ2n) is 6.00. The Morgan fingerprint density at radius 2 is 1.95 bits per heavy atom. The molecule has 0 aromatic heterocycles. The summed E-state index contributed by atoms with van der Waals surface area (Å²) < 4.78 is 35.4. The predicted octanol–water partition coefficient (Wildman–Crippen LogP) is 2.87. The molecule has 8 heteroatoms. The van der Waals surface area contributed by atoms with Crippen molar-refractivity contribution in [1.29, 1.82) is 0 Å². The van der Waals surface area contributed by atoms with E-state index in [9.17, 15) is 13.2 Å². The molecule has 22 heavy (non-hydrogen) atoms. The molecule has 6 nitrogen and oxygen atoms in total. The zero-order valence-corrected chi connectivity index (χ0v) is 15.0. The number of amides is 1. The van der Waals surface area contributed by atoms with Crippen molar-refractivity contribution >= 4 is 32.3 Å². The number of nitrogens with zero attached hydrogens (tertiary/aromatic N) is 1. The molecular weight excluding hydrogens is 374 g/mol. The molecule has 1 fully saturated rings. The fraction of sp³-hybridized carbons (Fsp3) is 0.500. The average Bonchev–Trinajstić information content (AvgIpc) is 2.65. The van der Waals surface area contributed by atoms with Crippen molar-refractivity contribution < 1.29 is 22.1 Å². The molecule has 1 aromatic rings. The van der Waals surface area contributed by atoms with Gasteiger partial charge >= 0.3 is 16.4 Å². The van der Waals surface area contributed by atoms with Gasteiger partial charge in [0.15, 0.2) is 0 Å². The van der Waals surface area contributed by atoms with Crippen LogP contribution in [0.25, 0.3) is 0 Å². The zero-order chi connectivity index (χ0) is 16.5. The first-order valence-electron chi connectivity index (χ1n) is 6.75. The largest absolute Gasteiger partial charge is 0.443 e. The number of hydrogen-bond acceptors (Lipinski definition) is 5. The first kappa shape index (κ1) is 17.2. The molecule has 1 atom stereocenters. The summed E-state index contributed by atoms with van der Waals surface area (Å²) in [6.07, 6.45) is -0.543. The molecule has 122 valence electrons. The number of halogens is 1.